The molecule has 14 heavy (non-hydrogen) atoms. The molecule has 0 radical (unpaired) electrons. The summed E-state index contributed by atoms with van der Waals surface area (Å²) in [6, 6.07) is 4.41. The second-order valence-corrected chi connectivity index (χ2v) is 3.78. The lowest BCUT2D eigenvalue weighted by molar-refractivity contribution is -0.119. The standard InChI is InChI=1S/C9H10Cl2N2O/c10-6-2-1-5(3-7(6)11)4-8(12)9(13)14/h1-3,8H,4,12H2,(H2,13,14)/t8-/m0/s1. The minimum absolute atomic E-state index is 0.367. The Morgan fingerprint density at radius 1 is 1.36 bits per heavy atom. The van der Waals surface area contributed by atoms with Gasteiger partial charge in [0, 0.05) is 0 Å². The molecule has 0 aromatic heterocycles. The summed E-state index contributed by atoms with van der Waals surface area (Å²) in [6.07, 6.45) is 0.367. The van der Waals surface area contributed by atoms with E-state index in [4.69, 9.17) is 34.7 Å². The summed E-state index contributed by atoms with van der Waals surface area (Å²) in [6.45, 7) is 0. The van der Waals surface area contributed by atoms with Gasteiger partial charge in [-0.1, -0.05) is 29.3 Å². The summed E-state index contributed by atoms with van der Waals surface area (Å²) in [4.78, 5) is 10.7. The van der Waals surface area contributed by atoms with E-state index in [1.807, 2.05) is 0 Å². The fourth-order valence-corrected chi connectivity index (χ4v) is 1.34. The maximum atomic E-state index is 10.7. The van der Waals surface area contributed by atoms with Crippen molar-refractivity contribution in [2.24, 2.45) is 11.5 Å². The fraction of sp³-hybridized carbons (Fsp3) is 0.222. The summed E-state index contributed by atoms with van der Waals surface area (Å²) in [5, 5.41) is 0.920. The van der Waals surface area contributed by atoms with Gasteiger partial charge >= 0.3 is 0 Å². The molecule has 1 amide bonds. The van der Waals surface area contributed by atoms with E-state index in [0.29, 0.717) is 16.5 Å². The van der Waals surface area contributed by atoms with Crippen LogP contribution in [0.1, 0.15) is 5.56 Å². The van der Waals surface area contributed by atoms with Crippen LogP contribution in [0.15, 0.2) is 18.2 Å². The van der Waals surface area contributed by atoms with Gasteiger partial charge < -0.3 is 11.5 Å². The number of nitrogens with two attached hydrogens (primary N) is 2. The van der Waals surface area contributed by atoms with Crippen LogP contribution in [0, 0.1) is 0 Å². The number of amides is 1. The smallest absolute Gasteiger partial charge is 0.234 e. The van der Waals surface area contributed by atoms with Gasteiger partial charge in [0.15, 0.2) is 0 Å². The zero-order valence-electron chi connectivity index (χ0n) is 7.34. The molecule has 0 heterocycles. The summed E-state index contributed by atoms with van der Waals surface area (Å²) >= 11 is 11.5. The molecule has 0 saturated heterocycles. The van der Waals surface area contributed by atoms with Crippen molar-refractivity contribution in [3.63, 3.8) is 0 Å². The molecule has 1 aromatic rings. The number of hydrogen-bond donors (Lipinski definition) is 2. The Morgan fingerprint density at radius 2 is 2.00 bits per heavy atom. The van der Waals surface area contributed by atoms with Crippen LogP contribution in [0.5, 0.6) is 0 Å². The van der Waals surface area contributed by atoms with Crippen molar-refractivity contribution in [3.05, 3.63) is 33.8 Å². The molecule has 0 aliphatic heterocycles. The predicted molar refractivity (Wildman–Crippen MR) is 57.3 cm³/mol. The Kier molecular flexibility index (Phi) is 3.75. The lowest BCUT2D eigenvalue weighted by Gasteiger charge is -2.07. The molecule has 3 nitrogen and oxygen atoms in total. The van der Waals surface area contributed by atoms with Gasteiger partial charge in [-0.3, -0.25) is 4.79 Å². The molecule has 0 spiro atoms. The van der Waals surface area contributed by atoms with E-state index < -0.39 is 11.9 Å². The van der Waals surface area contributed by atoms with Crippen molar-refractivity contribution in [3.8, 4) is 0 Å². The molecular weight excluding hydrogens is 223 g/mol. The van der Waals surface area contributed by atoms with Crippen molar-refractivity contribution in [1.29, 1.82) is 0 Å². The van der Waals surface area contributed by atoms with E-state index in [2.05, 4.69) is 0 Å². The summed E-state index contributed by atoms with van der Waals surface area (Å²) in [7, 11) is 0. The van der Waals surface area contributed by atoms with Crippen molar-refractivity contribution in [2.75, 3.05) is 0 Å². The van der Waals surface area contributed by atoms with E-state index in [0.717, 1.165) is 5.56 Å². The number of hydrogen-bond acceptors (Lipinski definition) is 2. The third-order valence-corrected chi connectivity index (χ3v) is 2.54. The van der Waals surface area contributed by atoms with Gasteiger partial charge in [-0.2, -0.15) is 0 Å². The minimum Gasteiger partial charge on any atom is -0.368 e. The highest BCUT2D eigenvalue weighted by Gasteiger charge is 2.10. The average molecular weight is 233 g/mol. The lowest BCUT2D eigenvalue weighted by Crippen LogP contribution is -2.38. The maximum absolute atomic E-state index is 10.7. The molecule has 5 heteroatoms. The Bertz CT molecular complexity index is 355. The van der Waals surface area contributed by atoms with Gasteiger partial charge in [0.25, 0.3) is 0 Å². The number of benzene rings is 1. The molecule has 4 N–H and O–H groups in total. The highest BCUT2D eigenvalue weighted by atomic mass is 35.5. The fourth-order valence-electron chi connectivity index (χ4n) is 1.02. The van der Waals surface area contributed by atoms with Crippen LogP contribution in [0.2, 0.25) is 10.0 Å². The first-order chi connectivity index (χ1) is 6.50. The molecule has 1 rings (SSSR count). The highest BCUT2D eigenvalue weighted by molar-refractivity contribution is 6.42. The number of halogens is 2. The number of rotatable bonds is 3. The Labute approximate surface area is 92.0 Å². The van der Waals surface area contributed by atoms with E-state index in [9.17, 15) is 4.79 Å². The van der Waals surface area contributed by atoms with Gasteiger partial charge in [0.2, 0.25) is 5.91 Å². The first-order valence-corrected chi connectivity index (χ1v) is 4.75. The monoisotopic (exact) mass is 232 g/mol. The maximum Gasteiger partial charge on any atom is 0.234 e. The van der Waals surface area contributed by atoms with E-state index in [1.165, 1.54) is 0 Å². The third-order valence-electron chi connectivity index (χ3n) is 1.81. The van der Waals surface area contributed by atoms with Crippen LogP contribution in [-0.2, 0) is 11.2 Å². The average Bonchev–Trinajstić information content (AvgIpc) is 2.11. The van der Waals surface area contributed by atoms with Crippen molar-refractivity contribution >= 4 is 29.1 Å². The second kappa shape index (κ2) is 4.64. The lowest BCUT2D eigenvalue weighted by atomic mass is 10.1. The van der Waals surface area contributed by atoms with Crippen molar-refractivity contribution < 1.29 is 4.79 Å². The molecule has 0 aliphatic carbocycles. The van der Waals surface area contributed by atoms with Crippen LogP contribution in [0.4, 0.5) is 0 Å². The van der Waals surface area contributed by atoms with Crippen LogP contribution in [0.25, 0.3) is 0 Å². The van der Waals surface area contributed by atoms with Crippen LogP contribution in [0.3, 0.4) is 0 Å². The molecule has 0 saturated carbocycles. The SMILES string of the molecule is NC(=O)[C@@H](N)Cc1ccc(Cl)c(Cl)c1. The highest BCUT2D eigenvalue weighted by Crippen LogP contribution is 2.22. The van der Waals surface area contributed by atoms with Gasteiger partial charge in [-0.15, -0.1) is 0 Å². The normalized spacial score (nSPS) is 12.5. The Balaban J connectivity index is 2.78. The minimum atomic E-state index is -0.688. The Morgan fingerprint density at radius 3 is 2.50 bits per heavy atom. The van der Waals surface area contributed by atoms with E-state index >= 15 is 0 Å². The largest absolute Gasteiger partial charge is 0.368 e. The third kappa shape index (κ3) is 2.87. The van der Waals surface area contributed by atoms with Gasteiger partial charge in [-0.25, -0.2) is 0 Å². The van der Waals surface area contributed by atoms with Crippen LogP contribution >= 0.6 is 23.2 Å². The number of carbonyl (C=O) groups excluding carboxylic acids is 1. The van der Waals surface area contributed by atoms with Gasteiger partial charge in [-0.05, 0) is 24.1 Å². The van der Waals surface area contributed by atoms with Crippen LogP contribution in [-0.4, -0.2) is 11.9 Å². The van der Waals surface area contributed by atoms with Crippen LogP contribution < -0.4 is 11.5 Å². The quantitative estimate of drug-likeness (QED) is 0.827. The first-order valence-electron chi connectivity index (χ1n) is 3.99. The predicted octanol–water partition coefficient (Wildman–Crippen LogP) is 1.35. The number of carbonyl (C=O) groups is 1. The molecule has 76 valence electrons. The van der Waals surface area contributed by atoms with Gasteiger partial charge in [0.05, 0.1) is 16.1 Å². The molecule has 0 aliphatic rings. The van der Waals surface area contributed by atoms with Crippen molar-refractivity contribution in [2.45, 2.75) is 12.5 Å². The zero-order chi connectivity index (χ0) is 10.7. The molecule has 1 atom stereocenters. The topological polar surface area (TPSA) is 69.1 Å². The van der Waals surface area contributed by atoms with Crippen molar-refractivity contribution in [1.82, 2.24) is 0 Å². The zero-order valence-corrected chi connectivity index (χ0v) is 8.85. The Hall–Kier alpha value is -0.770. The first kappa shape index (κ1) is 11.3. The molecule has 0 fully saturated rings. The molecular formula is C9H10Cl2N2O. The molecule has 0 unspecified atom stereocenters. The summed E-state index contributed by atoms with van der Waals surface area (Å²) < 4.78 is 0. The van der Waals surface area contributed by atoms with E-state index in [-0.39, 0.29) is 0 Å². The number of primary amides is 1. The van der Waals surface area contributed by atoms with Gasteiger partial charge in [0.1, 0.15) is 0 Å². The van der Waals surface area contributed by atoms with E-state index in [1.54, 1.807) is 18.2 Å². The molecule has 1 aromatic carbocycles. The summed E-state index contributed by atoms with van der Waals surface area (Å²) in [5.41, 5.74) is 11.4. The molecule has 0 bridgehead atoms. The second-order valence-electron chi connectivity index (χ2n) is 2.96. The summed E-state index contributed by atoms with van der Waals surface area (Å²) in [5.74, 6) is -0.531.